The lowest BCUT2D eigenvalue weighted by Gasteiger charge is -2.05. The Morgan fingerprint density at radius 1 is 0.917 bits per heavy atom. The van der Waals surface area contributed by atoms with E-state index in [0.717, 1.165) is 0 Å². The van der Waals surface area contributed by atoms with E-state index in [1.54, 1.807) is 34.1 Å². The third-order valence-electron chi connectivity index (χ3n) is 1.53. The molecule has 2 heterocycles. The minimum atomic E-state index is 0.375. The number of hydrogen-bond donors (Lipinski definition) is 2. The molecule has 2 rings (SSSR count). The monoisotopic (exact) mass is 164 g/mol. The molecule has 12 heavy (non-hydrogen) atoms. The van der Waals surface area contributed by atoms with Crippen molar-refractivity contribution >= 4 is 11.9 Å². The Labute approximate surface area is 68.4 Å². The van der Waals surface area contributed by atoms with Gasteiger partial charge in [-0.15, -0.1) is 0 Å². The lowest BCUT2D eigenvalue weighted by atomic mass is 10.9. The Hall–Kier alpha value is -1.98. The van der Waals surface area contributed by atoms with Gasteiger partial charge < -0.3 is 11.5 Å². The molecule has 2 aromatic rings. The van der Waals surface area contributed by atoms with Crippen molar-refractivity contribution in [3.05, 3.63) is 24.8 Å². The normalized spacial score (nSPS) is 10.3. The first-order chi connectivity index (χ1) is 5.79. The number of aromatic nitrogens is 4. The Bertz CT molecular complexity index is 348. The van der Waals surface area contributed by atoms with Crippen LogP contribution >= 0.6 is 0 Å². The third kappa shape index (κ3) is 0.815. The minimum Gasteiger partial charge on any atom is -0.368 e. The SMILES string of the molecule is Nc1nccn1-n1ccnc1N. The van der Waals surface area contributed by atoms with E-state index in [1.165, 1.54) is 0 Å². The van der Waals surface area contributed by atoms with Gasteiger partial charge in [-0.25, -0.2) is 19.3 Å². The molecule has 0 fully saturated rings. The van der Waals surface area contributed by atoms with Crippen LogP contribution in [0.3, 0.4) is 0 Å². The van der Waals surface area contributed by atoms with Crippen LogP contribution in [0.25, 0.3) is 0 Å². The first kappa shape index (κ1) is 6.71. The van der Waals surface area contributed by atoms with Gasteiger partial charge in [-0.3, -0.25) is 0 Å². The second-order valence-corrected chi connectivity index (χ2v) is 2.26. The zero-order chi connectivity index (χ0) is 8.55. The van der Waals surface area contributed by atoms with Gasteiger partial charge in [0.1, 0.15) is 0 Å². The molecule has 0 aromatic carbocycles. The van der Waals surface area contributed by atoms with E-state index in [1.807, 2.05) is 0 Å². The van der Waals surface area contributed by atoms with Crippen molar-refractivity contribution in [2.75, 3.05) is 11.5 Å². The summed E-state index contributed by atoms with van der Waals surface area (Å²) in [6.45, 7) is 0. The van der Waals surface area contributed by atoms with Gasteiger partial charge in [0, 0.05) is 24.8 Å². The molecular formula is C6H8N6. The molecule has 0 unspecified atom stereocenters. The molecule has 0 atom stereocenters. The van der Waals surface area contributed by atoms with Crippen molar-refractivity contribution in [1.29, 1.82) is 0 Å². The molecule has 2 aromatic heterocycles. The quantitative estimate of drug-likeness (QED) is 0.597. The van der Waals surface area contributed by atoms with Crippen LogP contribution in [0, 0.1) is 0 Å². The van der Waals surface area contributed by atoms with Crippen molar-refractivity contribution in [1.82, 2.24) is 19.3 Å². The highest BCUT2D eigenvalue weighted by atomic mass is 15.5. The van der Waals surface area contributed by atoms with Crippen LogP contribution < -0.4 is 11.5 Å². The summed E-state index contributed by atoms with van der Waals surface area (Å²) in [6, 6.07) is 0. The van der Waals surface area contributed by atoms with Crippen molar-refractivity contribution in [3.8, 4) is 0 Å². The Morgan fingerprint density at radius 3 is 1.58 bits per heavy atom. The van der Waals surface area contributed by atoms with Crippen LogP contribution in [-0.4, -0.2) is 19.3 Å². The van der Waals surface area contributed by atoms with E-state index in [4.69, 9.17) is 11.5 Å². The molecule has 6 heteroatoms. The fraction of sp³-hybridized carbons (Fsp3) is 0. The topological polar surface area (TPSA) is 87.7 Å². The summed E-state index contributed by atoms with van der Waals surface area (Å²) in [5, 5.41) is 0. The fourth-order valence-corrected chi connectivity index (χ4v) is 0.981. The maximum Gasteiger partial charge on any atom is 0.220 e. The van der Waals surface area contributed by atoms with E-state index >= 15 is 0 Å². The first-order valence-electron chi connectivity index (χ1n) is 3.37. The number of nitrogens with zero attached hydrogens (tertiary/aromatic N) is 4. The molecule has 0 spiro atoms. The van der Waals surface area contributed by atoms with E-state index in [2.05, 4.69) is 9.97 Å². The average molecular weight is 164 g/mol. The molecule has 62 valence electrons. The highest BCUT2D eigenvalue weighted by Crippen LogP contribution is 2.04. The second-order valence-electron chi connectivity index (χ2n) is 2.26. The highest BCUT2D eigenvalue weighted by molar-refractivity contribution is 5.24. The molecule has 4 N–H and O–H groups in total. The number of hydrogen-bond acceptors (Lipinski definition) is 4. The molecule has 0 aliphatic carbocycles. The smallest absolute Gasteiger partial charge is 0.220 e. The van der Waals surface area contributed by atoms with E-state index in [9.17, 15) is 0 Å². The maximum atomic E-state index is 5.55. The van der Waals surface area contributed by atoms with Crippen molar-refractivity contribution in [2.24, 2.45) is 0 Å². The average Bonchev–Trinajstić information content (AvgIpc) is 2.59. The Morgan fingerprint density at radius 2 is 1.33 bits per heavy atom. The predicted molar refractivity (Wildman–Crippen MR) is 44.1 cm³/mol. The lowest BCUT2D eigenvalue weighted by molar-refractivity contribution is 0.679. The largest absolute Gasteiger partial charge is 0.368 e. The molecule has 0 radical (unpaired) electrons. The van der Waals surface area contributed by atoms with Gasteiger partial charge in [0.2, 0.25) is 11.9 Å². The van der Waals surface area contributed by atoms with Gasteiger partial charge in [0.15, 0.2) is 0 Å². The zero-order valence-corrected chi connectivity index (χ0v) is 6.25. The van der Waals surface area contributed by atoms with E-state index < -0.39 is 0 Å². The molecule has 6 nitrogen and oxygen atoms in total. The summed E-state index contributed by atoms with van der Waals surface area (Å²) in [7, 11) is 0. The number of nitrogens with two attached hydrogens (primary N) is 2. The summed E-state index contributed by atoms with van der Waals surface area (Å²) in [6.07, 6.45) is 6.59. The molecule has 0 bridgehead atoms. The standard InChI is InChI=1S/C6H8N6/c7-5-9-1-3-11(5)12-4-2-10-6(12)8/h1-4H,(H2,7,9)(H2,8,10). The summed E-state index contributed by atoms with van der Waals surface area (Å²) in [5.41, 5.74) is 11.1. The summed E-state index contributed by atoms with van der Waals surface area (Å²) >= 11 is 0. The predicted octanol–water partition coefficient (Wildman–Crippen LogP) is -0.445. The molecular weight excluding hydrogens is 156 g/mol. The van der Waals surface area contributed by atoms with E-state index in [0.29, 0.717) is 11.9 Å². The van der Waals surface area contributed by atoms with Crippen LogP contribution in [0.1, 0.15) is 0 Å². The number of rotatable bonds is 1. The molecule has 0 saturated carbocycles. The maximum absolute atomic E-state index is 5.55. The van der Waals surface area contributed by atoms with Crippen LogP contribution in [0.4, 0.5) is 11.9 Å². The summed E-state index contributed by atoms with van der Waals surface area (Å²) in [4.78, 5) is 7.70. The highest BCUT2D eigenvalue weighted by Gasteiger charge is 2.01. The van der Waals surface area contributed by atoms with Crippen molar-refractivity contribution in [2.45, 2.75) is 0 Å². The van der Waals surface area contributed by atoms with Gasteiger partial charge in [0.05, 0.1) is 0 Å². The van der Waals surface area contributed by atoms with Gasteiger partial charge in [-0.1, -0.05) is 0 Å². The first-order valence-corrected chi connectivity index (χ1v) is 3.37. The fourth-order valence-electron chi connectivity index (χ4n) is 0.981. The molecule has 0 aliphatic heterocycles. The minimum absolute atomic E-state index is 0.375. The van der Waals surface area contributed by atoms with Gasteiger partial charge in [-0.05, 0) is 0 Å². The van der Waals surface area contributed by atoms with Crippen LogP contribution in [0.5, 0.6) is 0 Å². The lowest BCUT2D eigenvalue weighted by Crippen LogP contribution is -2.13. The van der Waals surface area contributed by atoms with Crippen LogP contribution in [0.2, 0.25) is 0 Å². The van der Waals surface area contributed by atoms with Gasteiger partial charge >= 0.3 is 0 Å². The second kappa shape index (κ2) is 2.26. The number of imidazole rings is 2. The third-order valence-corrected chi connectivity index (χ3v) is 1.53. The Balaban J connectivity index is 2.57. The Kier molecular flexibility index (Phi) is 1.26. The van der Waals surface area contributed by atoms with E-state index in [-0.39, 0.29) is 0 Å². The summed E-state index contributed by atoms with van der Waals surface area (Å²) < 4.78 is 3.20. The van der Waals surface area contributed by atoms with Crippen LogP contribution in [-0.2, 0) is 0 Å². The number of nitrogen functional groups attached to an aromatic ring is 2. The van der Waals surface area contributed by atoms with Gasteiger partial charge in [0.25, 0.3) is 0 Å². The molecule has 0 amide bonds. The zero-order valence-electron chi connectivity index (χ0n) is 6.25. The van der Waals surface area contributed by atoms with Crippen molar-refractivity contribution in [3.63, 3.8) is 0 Å². The van der Waals surface area contributed by atoms with Crippen molar-refractivity contribution < 1.29 is 0 Å². The number of anilines is 2. The summed E-state index contributed by atoms with van der Waals surface area (Å²) in [5.74, 6) is 0.749. The van der Waals surface area contributed by atoms with Crippen LogP contribution in [0.15, 0.2) is 24.8 Å². The molecule has 0 aliphatic rings. The molecule has 0 saturated heterocycles. The van der Waals surface area contributed by atoms with Gasteiger partial charge in [-0.2, -0.15) is 0 Å².